The second kappa shape index (κ2) is 15.2. The Bertz CT molecular complexity index is 2190. The van der Waals surface area contributed by atoms with E-state index in [1.54, 1.807) is 50.3 Å². The fraction of sp³-hybridized carbons (Fsp3) is 0.634. The highest BCUT2D eigenvalue weighted by molar-refractivity contribution is 7.91. The molecule has 1 aromatic carbocycles. The second-order valence-corrected chi connectivity index (χ2v) is 19.4. The topological polar surface area (TPSA) is 194 Å². The molecule has 2 saturated carbocycles. The largest absolute Gasteiger partial charge is 0.477 e. The number of carbonyl (C=O) groups is 4. The Morgan fingerprint density at radius 2 is 1.85 bits per heavy atom. The lowest BCUT2D eigenvalue weighted by molar-refractivity contribution is -0.220. The lowest BCUT2D eigenvalue weighted by atomic mass is 9.98. The molecule has 0 bridgehead atoms. The summed E-state index contributed by atoms with van der Waals surface area (Å²) in [4.78, 5) is 62.1. The van der Waals surface area contributed by atoms with Gasteiger partial charge >= 0.3 is 12.1 Å². The number of nitrogens with zero attached hydrogens (tertiary/aromatic N) is 3. The standard InChI is InChI=1S/C41H53F2N5O10S/c1-7-23(2)47(37(52)53)31-25(4)57-24(3)13-8-9-14-26-21-40(26,36(51)46-59(54,55)38(5)18-19-38)45-32(49)30-22-39(6,41(42,43)48(30)35(31)50)58-34-29-16-11-10-15-27(29)28-17-12-20-56-33(28)44-34/h9-11,14-16,23-26,30-31H,7-8,12-13,17-22H2,1-6H3,(H,45,49)(H,46,51)(H,52,53)/b14-9-/t23?,24-,25+,26-,30+,31+,39-,40?/m1/s1. The van der Waals surface area contributed by atoms with Gasteiger partial charge in [0.05, 0.1) is 23.6 Å². The van der Waals surface area contributed by atoms with Crippen LogP contribution in [0, 0.1) is 5.92 Å². The molecule has 15 nitrogen and oxygen atoms in total. The Hall–Kier alpha value is -4.58. The highest BCUT2D eigenvalue weighted by Gasteiger charge is 2.71. The summed E-state index contributed by atoms with van der Waals surface area (Å²) in [7, 11) is -4.18. The highest BCUT2D eigenvalue weighted by atomic mass is 32.2. The van der Waals surface area contributed by atoms with Crippen LogP contribution in [-0.2, 0) is 35.6 Å². The van der Waals surface area contributed by atoms with E-state index in [2.05, 4.69) is 15.0 Å². The third kappa shape index (κ3) is 7.37. The summed E-state index contributed by atoms with van der Waals surface area (Å²) >= 11 is 0. The summed E-state index contributed by atoms with van der Waals surface area (Å²) in [6, 6.07) is -2.16. The third-order valence-electron chi connectivity index (χ3n) is 12.9. The number of aryl methyl sites for hydroxylation is 1. The Balaban J connectivity index is 1.35. The molecule has 59 heavy (non-hydrogen) atoms. The monoisotopic (exact) mass is 845 g/mol. The number of fused-ring (bicyclic) bond motifs is 5. The van der Waals surface area contributed by atoms with E-state index in [-0.39, 0.29) is 29.5 Å². The average molecular weight is 846 g/mol. The summed E-state index contributed by atoms with van der Waals surface area (Å²) in [6.45, 7) is 9.25. The number of allylic oxidation sites excluding steroid dienone is 1. The van der Waals surface area contributed by atoms with Crippen molar-refractivity contribution in [3.63, 3.8) is 0 Å². The highest BCUT2D eigenvalue weighted by Crippen LogP contribution is 2.52. The lowest BCUT2D eigenvalue weighted by Crippen LogP contribution is -2.65. The number of amides is 4. The minimum absolute atomic E-state index is 0.0459. The van der Waals surface area contributed by atoms with Gasteiger partial charge in [0.25, 0.3) is 11.8 Å². The SMILES string of the molecule is CCC(C)N(C(=O)O)[C@@H]1C(=O)N2[C@@H](C[C@@](C)(Oc3nc4c(c5ccccc35)CCCO4)C2(F)F)C(=O)NC2(C(=O)NS(=O)(=O)C3(C)CC3)C[C@H]2/C=C\CC[C@@H](C)O[C@H]1C. The first-order valence-corrected chi connectivity index (χ1v) is 21.8. The molecule has 5 aliphatic rings. The molecule has 7 rings (SSSR count). The molecular weight excluding hydrogens is 793 g/mol. The molecule has 1 saturated heterocycles. The van der Waals surface area contributed by atoms with Crippen LogP contribution in [0.4, 0.5) is 13.6 Å². The van der Waals surface area contributed by atoms with Crippen molar-refractivity contribution in [1.29, 1.82) is 0 Å². The molecule has 1 aromatic heterocycles. The number of aromatic nitrogens is 1. The van der Waals surface area contributed by atoms with Gasteiger partial charge < -0.3 is 24.6 Å². The molecule has 0 radical (unpaired) electrons. The Kier molecular flexibility index (Phi) is 10.9. The normalized spacial score (nSPS) is 32.4. The molecule has 4 amide bonds. The van der Waals surface area contributed by atoms with Crippen molar-refractivity contribution in [2.24, 2.45) is 5.92 Å². The minimum Gasteiger partial charge on any atom is -0.477 e. The van der Waals surface area contributed by atoms with Crippen LogP contribution in [0.1, 0.15) is 98.5 Å². The van der Waals surface area contributed by atoms with Crippen molar-refractivity contribution in [3.05, 3.63) is 42.0 Å². The van der Waals surface area contributed by atoms with E-state index >= 15 is 13.6 Å². The van der Waals surface area contributed by atoms with Crippen molar-refractivity contribution in [2.45, 2.75) is 152 Å². The van der Waals surface area contributed by atoms with Gasteiger partial charge in [-0.3, -0.25) is 28.9 Å². The number of hydrogen-bond acceptors (Lipinski definition) is 10. The summed E-state index contributed by atoms with van der Waals surface area (Å²) in [5.41, 5.74) is -3.75. The maximum atomic E-state index is 17.7. The van der Waals surface area contributed by atoms with Crippen molar-refractivity contribution in [2.75, 3.05) is 6.61 Å². The first-order valence-electron chi connectivity index (χ1n) is 20.4. The molecule has 3 fully saturated rings. The predicted octanol–water partition coefficient (Wildman–Crippen LogP) is 5.06. The number of benzene rings is 1. The van der Waals surface area contributed by atoms with Crippen LogP contribution in [0.15, 0.2) is 36.4 Å². The van der Waals surface area contributed by atoms with Gasteiger partial charge in [0.1, 0.15) is 17.6 Å². The van der Waals surface area contributed by atoms with E-state index in [4.69, 9.17) is 14.2 Å². The summed E-state index contributed by atoms with van der Waals surface area (Å²) in [5.74, 6) is -4.36. The number of alkyl halides is 2. The first kappa shape index (κ1) is 42.5. The third-order valence-corrected chi connectivity index (χ3v) is 15.0. The van der Waals surface area contributed by atoms with E-state index in [0.717, 1.165) is 23.8 Å². The zero-order chi connectivity index (χ0) is 42.9. The number of hydrogen-bond donors (Lipinski definition) is 3. The van der Waals surface area contributed by atoms with E-state index in [1.807, 2.05) is 0 Å². The average Bonchev–Trinajstić information content (AvgIpc) is 4.09. The number of pyridine rings is 1. The zero-order valence-corrected chi connectivity index (χ0v) is 34.9. The molecule has 18 heteroatoms. The molecule has 322 valence electrons. The van der Waals surface area contributed by atoms with Crippen molar-refractivity contribution in [3.8, 4) is 11.8 Å². The van der Waals surface area contributed by atoms with Gasteiger partial charge in [-0.25, -0.2) is 13.2 Å². The molecule has 0 spiro atoms. The molecule has 3 aliphatic heterocycles. The van der Waals surface area contributed by atoms with Gasteiger partial charge in [-0.2, -0.15) is 13.8 Å². The molecule has 2 aromatic rings. The Labute approximate surface area is 342 Å². The lowest BCUT2D eigenvalue weighted by Gasteiger charge is -2.42. The van der Waals surface area contributed by atoms with Crippen LogP contribution in [0.2, 0.25) is 0 Å². The van der Waals surface area contributed by atoms with E-state index in [9.17, 15) is 27.9 Å². The predicted molar refractivity (Wildman–Crippen MR) is 210 cm³/mol. The fourth-order valence-electron chi connectivity index (χ4n) is 8.61. The van der Waals surface area contributed by atoms with Crippen LogP contribution in [0.25, 0.3) is 10.8 Å². The number of halogens is 2. The summed E-state index contributed by atoms with van der Waals surface area (Å²) in [6.07, 6.45) is 2.11. The number of ether oxygens (including phenoxy) is 3. The maximum absolute atomic E-state index is 17.7. The minimum atomic E-state index is -4.33. The quantitative estimate of drug-likeness (QED) is 0.238. The second-order valence-electron chi connectivity index (χ2n) is 17.2. The smallest absolute Gasteiger partial charge is 0.408 e. The van der Waals surface area contributed by atoms with Gasteiger partial charge in [0.15, 0.2) is 5.60 Å². The summed E-state index contributed by atoms with van der Waals surface area (Å²) in [5, 5.41) is 14.2. The van der Waals surface area contributed by atoms with Crippen LogP contribution in [0.3, 0.4) is 0 Å². The number of carboxylic acid groups (broad SMARTS) is 1. The van der Waals surface area contributed by atoms with Crippen LogP contribution in [-0.4, -0.2) is 111 Å². The number of sulfonamides is 1. The molecule has 2 unspecified atom stereocenters. The maximum Gasteiger partial charge on any atom is 0.408 e. The van der Waals surface area contributed by atoms with Crippen LogP contribution >= 0.6 is 0 Å². The Morgan fingerprint density at radius 1 is 1.15 bits per heavy atom. The van der Waals surface area contributed by atoms with E-state index < -0.39 is 98.4 Å². The molecule has 4 heterocycles. The van der Waals surface area contributed by atoms with E-state index in [1.165, 1.54) is 20.8 Å². The van der Waals surface area contributed by atoms with Crippen LogP contribution in [0.5, 0.6) is 11.8 Å². The van der Waals surface area contributed by atoms with E-state index in [0.29, 0.717) is 49.5 Å². The van der Waals surface area contributed by atoms with Gasteiger partial charge in [-0.05, 0) is 97.4 Å². The molecule has 2 aliphatic carbocycles. The van der Waals surface area contributed by atoms with Crippen molar-refractivity contribution in [1.82, 2.24) is 24.8 Å². The fourth-order valence-corrected chi connectivity index (χ4v) is 9.92. The van der Waals surface area contributed by atoms with Gasteiger partial charge in [0, 0.05) is 29.3 Å². The number of nitrogens with one attached hydrogen (secondary N) is 2. The van der Waals surface area contributed by atoms with Gasteiger partial charge in [-0.15, -0.1) is 0 Å². The number of carbonyl (C=O) groups excluding carboxylic acids is 3. The van der Waals surface area contributed by atoms with Gasteiger partial charge in [-0.1, -0.05) is 37.3 Å². The molecule has 8 atom stereocenters. The van der Waals surface area contributed by atoms with Crippen LogP contribution < -0.4 is 19.5 Å². The zero-order valence-electron chi connectivity index (χ0n) is 34.1. The van der Waals surface area contributed by atoms with Gasteiger partial charge in [0.2, 0.25) is 27.7 Å². The Morgan fingerprint density at radius 3 is 2.51 bits per heavy atom. The van der Waals surface area contributed by atoms with Crippen molar-refractivity contribution < 1.29 is 55.7 Å². The number of rotatable bonds is 8. The summed E-state index contributed by atoms with van der Waals surface area (Å²) < 4.78 is 81.2. The molecular formula is C41H53F2N5O10S. The first-order chi connectivity index (χ1) is 27.7. The van der Waals surface area contributed by atoms with Crippen molar-refractivity contribution >= 4 is 44.6 Å². The molecule has 3 N–H and O–H groups in total.